The first-order valence-electron chi connectivity index (χ1n) is 4.27. The summed E-state index contributed by atoms with van der Waals surface area (Å²) in [5.41, 5.74) is 1.71. The fourth-order valence-corrected chi connectivity index (χ4v) is 1.87. The van der Waals surface area contributed by atoms with Crippen molar-refractivity contribution in [3.63, 3.8) is 0 Å². The maximum absolute atomic E-state index is 11.2. The quantitative estimate of drug-likeness (QED) is 0.778. The number of nitrogens with zero attached hydrogens (tertiary/aromatic N) is 1. The van der Waals surface area contributed by atoms with Gasteiger partial charge in [-0.1, -0.05) is 17.3 Å². The zero-order valence-electron chi connectivity index (χ0n) is 8.04. The van der Waals surface area contributed by atoms with Gasteiger partial charge in [0.25, 0.3) is 0 Å². The molecule has 0 bridgehead atoms. The van der Waals surface area contributed by atoms with Gasteiger partial charge in [-0.15, -0.1) is 0 Å². The van der Waals surface area contributed by atoms with Crippen molar-refractivity contribution >= 4 is 9.84 Å². The fourth-order valence-electron chi connectivity index (χ4n) is 1.24. The molecule has 1 heterocycles. The molecule has 5 heteroatoms. The van der Waals surface area contributed by atoms with E-state index in [0.29, 0.717) is 4.90 Å². The zero-order chi connectivity index (χ0) is 10.9. The van der Waals surface area contributed by atoms with Crippen LogP contribution in [0.2, 0.25) is 0 Å². The van der Waals surface area contributed by atoms with E-state index >= 15 is 0 Å². The molecule has 0 fully saturated rings. The van der Waals surface area contributed by atoms with Crippen molar-refractivity contribution in [1.29, 1.82) is 0 Å². The Balaban J connectivity index is 2.42. The highest BCUT2D eigenvalue weighted by molar-refractivity contribution is 7.90. The van der Waals surface area contributed by atoms with Crippen molar-refractivity contribution < 1.29 is 12.9 Å². The van der Waals surface area contributed by atoms with Gasteiger partial charge in [0.1, 0.15) is 6.26 Å². The molecule has 0 unspecified atom stereocenters. The fraction of sp³-hybridized carbons (Fsp3) is 0.100. The van der Waals surface area contributed by atoms with E-state index in [1.165, 1.54) is 12.5 Å². The van der Waals surface area contributed by atoms with Crippen LogP contribution in [0.4, 0.5) is 0 Å². The van der Waals surface area contributed by atoms with E-state index in [1.54, 1.807) is 30.5 Å². The molecule has 0 amide bonds. The van der Waals surface area contributed by atoms with E-state index in [9.17, 15) is 8.42 Å². The zero-order valence-corrected chi connectivity index (χ0v) is 8.86. The van der Waals surface area contributed by atoms with Crippen LogP contribution < -0.4 is 0 Å². The summed E-state index contributed by atoms with van der Waals surface area (Å²) in [4.78, 5) is 0.308. The summed E-state index contributed by atoms with van der Waals surface area (Å²) in [7, 11) is -3.13. The van der Waals surface area contributed by atoms with Crippen LogP contribution >= 0.6 is 0 Å². The van der Waals surface area contributed by atoms with Crippen LogP contribution in [0, 0.1) is 0 Å². The predicted molar refractivity (Wildman–Crippen MR) is 55.0 cm³/mol. The second-order valence-electron chi connectivity index (χ2n) is 3.21. The molecule has 0 aliphatic carbocycles. The van der Waals surface area contributed by atoms with Gasteiger partial charge in [-0.05, 0) is 17.7 Å². The van der Waals surface area contributed by atoms with Gasteiger partial charge in [0.2, 0.25) is 0 Å². The van der Waals surface area contributed by atoms with Crippen LogP contribution in [0.1, 0.15) is 0 Å². The van der Waals surface area contributed by atoms with Crippen LogP contribution in [0.15, 0.2) is 46.1 Å². The van der Waals surface area contributed by atoms with Crippen LogP contribution in [0.25, 0.3) is 11.1 Å². The van der Waals surface area contributed by atoms with Gasteiger partial charge in [-0.2, -0.15) is 0 Å². The molecule has 0 spiro atoms. The lowest BCUT2D eigenvalue weighted by atomic mass is 10.1. The first-order chi connectivity index (χ1) is 7.07. The Hall–Kier alpha value is -1.62. The van der Waals surface area contributed by atoms with Gasteiger partial charge in [0.05, 0.1) is 11.1 Å². The Bertz CT molecular complexity index is 541. The highest BCUT2D eigenvalue weighted by Gasteiger charge is 2.07. The molecule has 1 aromatic carbocycles. The van der Waals surface area contributed by atoms with Crippen LogP contribution in [-0.4, -0.2) is 19.8 Å². The lowest BCUT2D eigenvalue weighted by molar-refractivity contribution is 0.420. The number of sulfone groups is 1. The minimum Gasteiger partial charge on any atom is -0.364 e. The molecule has 2 aromatic rings. The molecule has 0 radical (unpaired) electrons. The second-order valence-corrected chi connectivity index (χ2v) is 5.23. The summed E-state index contributed by atoms with van der Waals surface area (Å²) in [6.45, 7) is 0. The molecule has 0 aliphatic rings. The molecular formula is C10H9NO3S. The molecule has 15 heavy (non-hydrogen) atoms. The number of benzene rings is 1. The Morgan fingerprint density at radius 1 is 1.13 bits per heavy atom. The lowest BCUT2D eigenvalue weighted by Crippen LogP contribution is -1.95. The van der Waals surface area contributed by atoms with Gasteiger partial charge in [-0.25, -0.2) is 8.42 Å². The van der Waals surface area contributed by atoms with E-state index in [1.807, 2.05) is 0 Å². The molecule has 0 atom stereocenters. The van der Waals surface area contributed by atoms with Crippen molar-refractivity contribution in [3.05, 3.63) is 36.7 Å². The smallest absolute Gasteiger partial charge is 0.175 e. The van der Waals surface area contributed by atoms with Crippen LogP contribution in [-0.2, 0) is 9.84 Å². The third kappa shape index (κ3) is 2.07. The summed E-state index contributed by atoms with van der Waals surface area (Å²) in [5, 5.41) is 3.58. The molecular weight excluding hydrogens is 214 g/mol. The third-order valence-electron chi connectivity index (χ3n) is 2.05. The highest BCUT2D eigenvalue weighted by Crippen LogP contribution is 2.20. The van der Waals surface area contributed by atoms with E-state index in [4.69, 9.17) is 4.52 Å². The minimum atomic E-state index is -3.13. The topological polar surface area (TPSA) is 60.2 Å². The average Bonchev–Trinajstić information content (AvgIpc) is 2.69. The number of hydrogen-bond donors (Lipinski definition) is 0. The van der Waals surface area contributed by atoms with Crippen molar-refractivity contribution in [2.24, 2.45) is 0 Å². The Morgan fingerprint density at radius 3 is 2.27 bits per heavy atom. The van der Waals surface area contributed by atoms with Gasteiger partial charge >= 0.3 is 0 Å². The number of rotatable bonds is 2. The first kappa shape index (κ1) is 9.92. The van der Waals surface area contributed by atoms with Gasteiger partial charge in [0.15, 0.2) is 9.84 Å². The van der Waals surface area contributed by atoms with E-state index in [0.717, 1.165) is 11.1 Å². The van der Waals surface area contributed by atoms with Crippen LogP contribution in [0.3, 0.4) is 0 Å². The average molecular weight is 223 g/mol. The molecule has 0 saturated heterocycles. The van der Waals surface area contributed by atoms with E-state index in [-0.39, 0.29) is 0 Å². The Labute approximate surface area is 87.4 Å². The summed E-state index contributed by atoms with van der Waals surface area (Å²) >= 11 is 0. The normalized spacial score (nSPS) is 11.5. The lowest BCUT2D eigenvalue weighted by Gasteiger charge is -1.99. The molecule has 0 N–H and O–H groups in total. The monoisotopic (exact) mass is 223 g/mol. The summed E-state index contributed by atoms with van der Waals surface area (Å²) in [5.74, 6) is 0. The van der Waals surface area contributed by atoms with E-state index < -0.39 is 9.84 Å². The van der Waals surface area contributed by atoms with Crippen molar-refractivity contribution in [2.75, 3.05) is 6.26 Å². The second kappa shape index (κ2) is 3.51. The molecule has 4 nitrogen and oxygen atoms in total. The largest absolute Gasteiger partial charge is 0.364 e. The molecule has 0 saturated carbocycles. The molecule has 78 valence electrons. The standard InChI is InChI=1S/C10H9NO3S/c1-15(12,13)10-4-2-8(3-5-10)9-6-11-14-7-9/h2-7H,1H3. The summed E-state index contributed by atoms with van der Waals surface area (Å²) in [6, 6.07) is 6.58. The summed E-state index contributed by atoms with van der Waals surface area (Å²) < 4.78 is 27.1. The van der Waals surface area contributed by atoms with Gasteiger partial charge in [0, 0.05) is 11.8 Å². The number of aromatic nitrogens is 1. The Morgan fingerprint density at radius 2 is 1.80 bits per heavy atom. The first-order valence-corrected chi connectivity index (χ1v) is 6.16. The van der Waals surface area contributed by atoms with Crippen molar-refractivity contribution in [1.82, 2.24) is 5.16 Å². The summed E-state index contributed by atoms with van der Waals surface area (Å²) in [6.07, 6.45) is 4.27. The predicted octanol–water partition coefficient (Wildman–Crippen LogP) is 1.75. The maximum atomic E-state index is 11.2. The van der Waals surface area contributed by atoms with Crippen molar-refractivity contribution in [2.45, 2.75) is 4.90 Å². The highest BCUT2D eigenvalue weighted by atomic mass is 32.2. The number of hydrogen-bond acceptors (Lipinski definition) is 4. The minimum absolute atomic E-state index is 0.308. The van der Waals surface area contributed by atoms with Crippen molar-refractivity contribution in [3.8, 4) is 11.1 Å². The molecule has 1 aromatic heterocycles. The van der Waals surface area contributed by atoms with Gasteiger partial charge < -0.3 is 4.52 Å². The van der Waals surface area contributed by atoms with Crippen LogP contribution in [0.5, 0.6) is 0 Å². The third-order valence-corrected chi connectivity index (χ3v) is 3.18. The molecule has 2 rings (SSSR count). The molecule has 0 aliphatic heterocycles. The Kier molecular flexibility index (Phi) is 2.32. The maximum Gasteiger partial charge on any atom is 0.175 e. The van der Waals surface area contributed by atoms with E-state index in [2.05, 4.69) is 5.16 Å². The SMILES string of the molecule is CS(=O)(=O)c1ccc(-c2cnoc2)cc1. The van der Waals surface area contributed by atoms with Gasteiger partial charge in [-0.3, -0.25) is 0 Å².